The molecule has 118 valence electrons. The Hall–Kier alpha value is -1.26. The van der Waals surface area contributed by atoms with Crippen molar-refractivity contribution in [3.05, 3.63) is 23.8 Å². The van der Waals surface area contributed by atoms with Crippen molar-refractivity contribution in [1.29, 1.82) is 0 Å². The molecule has 1 aliphatic heterocycles. The fraction of sp³-hybridized carbons (Fsp3) is 0.647. The van der Waals surface area contributed by atoms with Gasteiger partial charge in [0.2, 0.25) is 0 Å². The molecule has 0 saturated carbocycles. The second kappa shape index (κ2) is 8.90. The first-order valence-electron chi connectivity index (χ1n) is 8.06. The van der Waals surface area contributed by atoms with Gasteiger partial charge in [0, 0.05) is 13.1 Å². The molecule has 4 heteroatoms. The molecule has 21 heavy (non-hydrogen) atoms. The zero-order valence-electron chi connectivity index (χ0n) is 13.4. The van der Waals surface area contributed by atoms with E-state index in [-0.39, 0.29) is 0 Å². The molecule has 0 atom stereocenters. The van der Waals surface area contributed by atoms with Crippen molar-refractivity contribution in [3.63, 3.8) is 0 Å². The number of piperidine rings is 1. The fourth-order valence-corrected chi connectivity index (χ4v) is 2.68. The van der Waals surface area contributed by atoms with Gasteiger partial charge in [-0.25, -0.2) is 0 Å². The fourth-order valence-electron chi connectivity index (χ4n) is 2.68. The van der Waals surface area contributed by atoms with Gasteiger partial charge in [0.25, 0.3) is 0 Å². The van der Waals surface area contributed by atoms with Gasteiger partial charge < -0.3 is 14.8 Å². The third-order valence-electron chi connectivity index (χ3n) is 3.92. The van der Waals surface area contributed by atoms with Crippen LogP contribution < -0.4 is 14.8 Å². The van der Waals surface area contributed by atoms with Gasteiger partial charge in [-0.05, 0) is 50.2 Å². The van der Waals surface area contributed by atoms with Gasteiger partial charge >= 0.3 is 0 Å². The molecule has 1 fully saturated rings. The number of methoxy groups -OCH3 is 1. The van der Waals surface area contributed by atoms with E-state index in [1.165, 1.54) is 37.9 Å². The number of hydrogen-bond acceptors (Lipinski definition) is 4. The van der Waals surface area contributed by atoms with E-state index in [0.29, 0.717) is 0 Å². The summed E-state index contributed by atoms with van der Waals surface area (Å²) in [5.41, 5.74) is 1.22. The van der Waals surface area contributed by atoms with Crippen molar-refractivity contribution >= 4 is 0 Å². The molecule has 1 saturated heterocycles. The van der Waals surface area contributed by atoms with Gasteiger partial charge in [-0.2, -0.15) is 0 Å². The topological polar surface area (TPSA) is 33.7 Å². The molecule has 0 aliphatic carbocycles. The first-order chi connectivity index (χ1) is 10.3. The standard InChI is InChI=1S/C17H28N2O2/c1-3-18-14-15-7-8-16(17(13-15)20-2)21-12-11-19-9-5-4-6-10-19/h7-8,13,18H,3-6,9-12,14H2,1-2H3. The molecule has 2 rings (SSSR count). The molecule has 0 aromatic heterocycles. The lowest BCUT2D eigenvalue weighted by Gasteiger charge is -2.26. The number of rotatable bonds is 8. The Morgan fingerprint density at radius 2 is 1.95 bits per heavy atom. The van der Waals surface area contributed by atoms with Gasteiger partial charge in [-0.3, -0.25) is 4.90 Å². The highest BCUT2D eigenvalue weighted by Gasteiger charge is 2.11. The zero-order chi connectivity index (χ0) is 14.9. The second-order valence-corrected chi connectivity index (χ2v) is 5.52. The van der Waals surface area contributed by atoms with E-state index in [2.05, 4.69) is 29.3 Å². The van der Waals surface area contributed by atoms with Crippen molar-refractivity contribution in [3.8, 4) is 11.5 Å². The van der Waals surface area contributed by atoms with E-state index >= 15 is 0 Å². The summed E-state index contributed by atoms with van der Waals surface area (Å²) >= 11 is 0. The van der Waals surface area contributed by atoms with Crippen LogP contribution in [-0.2, 0) is 6.54 Å². The molecule has 4 nitrogen and oxygen atoms in total. The summed E-state index contributed by atoms with van der Waals surface area (Å²) in [5.74, 6) is 1.67. The summed E-state index contributed by atoms with van der Waals surface area (Å²) in [7, 11) is 1.70. The molecule has 0 amide bonds. The van der Waals surface area contributed by atoms with E-state index < -0.39 is 0 Å². The average molecular weight is 292 g/mol. The summed E-state index contributed by atoms with van der Waals surface area (Å²) in [6.07, 6.45) is 4.02. The lowest BCUT2D eigenvalue weighted by molar-refractivity contribution is 0.180. The van der Waals surface area contributed by atoms with Crippen molar-refractivity contribution in [2.75, 3.05) is 39.9 Å². The summed E-state index contributed by atoms with van der Waals surface area (Å²) in [6, 6.07) is 6.17. The molecule has 1 heterocycles. The van der Waals surface area contributed by atoms with Crippen LogP contribution in [0.25, 0.3) is 0 Å². The molecular weight excluding hydrogens is 264 g/mol. The third kappa shape index (κ3) is 5.21. The van der Waals surface area contributed by atoms with Crippen LogP contribution >= 0.6 is 0 Å². The van der Waals surface area contributed by atoms with Crippen molar-refractivity contribution in [1.82, 2.24) is 10.2 Å². The molecule has 1 N–H and O–H groups in total. The predicted octanol–water partition coefficient (Wildman–Crippen LogP) is 2.67. The maximum absolute atomic E-state index is 5.90. The van der Waals surface area contributed by atoms with Crippen LogP contribution in [0.4, 0.5) is 0 Å². The maximum Gasteiger partial charge on any atom is 0.161 e. The first-order valence-corrected chi connectivity index (χ1v) is 8.06. The number of ether oxygens (including phenoxy) is 2. The molecular formula is C17H28N2O2. The predicted molar refractivity (Wildman–Crippen MR) is 86.2 cm³/mol. The highest BCUT2D eigenvalue weighted by molar-refractivity contribution is 5.42. The summed E-state index contributed by atoms with van der Waals surface area (Å²) < 4.78 is 11.3. The number of benzene rings is 1. The van der Waals surface area contributed by atoms with Gasteiger partial charge in [0.1, 0.15) is 6.61 Å². The lowest BCUT2D eigenvalue weighted by Crippen LogP contribution is -2.33. The summed E-state index contributed by atoms with van der Waals surface area (Å²) in [6.45, 7) is 8.09. The molecule has 1 aromatic carbocycles. The van der Waals surface area contributed by atoms with Crippen LogP contribution in [0, 0.1) is 0 Å². The Labute approximate surface area is 128 Å². The minimum atomic E-state index is 0.725. The molecule has 0 bridgehead atoms. The summed E-state index contributed by atoms with van der Waals surface area (Å²) in [4.78, 5) is 2.48. The Balaban J connectivity index is 1.83. The van der Waals surface area contributed by atoms with Crippen LogP contribution in [0.5, 0.6) is 11.5 Å². The maximum atomic E-state index is 5.90. The van der Waals surface area contributed by atoms with E-state index in [1.807, 2.05) is 6.07 Å². The molecule has 1 aromatic rings. The van der Waals surface area contributed by atoms with E-state index in [0.717, 1.165) is 37.7 Å². The van der Waals surface area contributed by atoms with E-state index in [9.17, 15) is 0 Å². The minimum Gasteiger partial charge on any atom is -0.493 e. The molecule has 0 unspecified atom stereocenters. The van der Waals surface area contributed by atoms with Gasteiger partial charge in [-0.15, -0.1) is 0 Å². The molecule has 1 aliphatic rings. The number of hydrogen-bond donors (Lipinski definition) is 1. The van der Waals surface area contributed by atoms with Crippen LogP contribution in [0.15, 0.2) is 18.2 Å². The molecule has 0 radical (unpaired) electrons. The van der Waals surface area contributed by atoms with Crippen LogP contribution in [0.3, 0.4) is 0 Å². The highest BCUT2D eigenvalue weighted by Crippen LogP contribution is 2.28. The largest absolute Gasteiger partial charge is 0.493 e. The van der Waals surface area contributed by atoms with Crippen molar-refractivity contribution in [2.24, 2.45) is 0 Å². The average Bonchev–Trinajstić information content (AvgIpc) is 2.54. The van der Waals surface area contributed by atoms with Gasteiger partial charge in [-0.1, -0.05) is 19.4 Å². The number of nitrogens with zero attached hydrogens (tertiary/aromatic N) is 1. The Bertz CT molecular complexity index is 417. The second-order valence-electron chi connectivity index (χ2n) is 5.52. The Morgan fingerprint density at radius 3 is 2.67 bits per heavy atom. The Kier molecular flexibility index (Phi) is 6.83. The third-order valence-corrected chi connectivity index (χ3v) is 3.92. The Morgan fingerprint density at radius 1 is 1.14 bits per heavy atom. The highest BCUT2D eigenvalue weighted by atomic mass is 16.5. The lowest BCUT2D eigenvalue weighted by atomic mass is 10.1. The number of likely N-dealkylation sites (tertiary alicyclic amines) is 1. The van der Waals surface area contributed by atoms with Gasteiger partial charge in [0.05, 0.1) is 7.11 Å². The van der Waals surface area contributed by atoms with Crippen LogP contribution in [0.2, 0.25) is 0 Å². The van der Waals surface area contributed by atoms with Crippen LogP contribution in [-0.4, -0.2) is 44.8 Å². The van der Waals surface area contributed by atoms with E-state index in [4.69, 9.17) is 9.47 Å². The quantitative estimate of drug-likeness (QED) is 0.799. The first kappa shape index (κ1) is 16.1. The van der Waals surface area contributed by atoms with E-state index in [1.54, 1.807) is 7.11 Å². The van der Waals surface area contributed by atoms with Crippen molar-refractivity contribution < 1.29 is 9.47 Å². The van der Waals surface area contributed by atoms with Crippen molar-refractivity contribution in [2.45, 2.75) is 32.7 Å². The normalized spacial score (nSPS) is 15.9. The smallest absolute Gasteiger partial charge is 0.161 e. The number of nitrogens with one attached hydrogen (secondary N) is 1. The monoisotopic (exact) mass is 292 g/mol. The van der Waals surface area contributed by atoms with Crippen LogP contribution in [0.1, 0.15) is 31.7 Å². The zero-order valence-corrected chi connectivity index (χ0v) is 13.4. The molecule has 0 spiro atoms. The van der Waals surface area contributed by atoms with Gasteiger partial charge in [0.15, 0.2) is 11.5 Å². The SMILES string of the molecule is CCNCc1ccc(OCCN2CCCCC2)c(OC)c1. The summed E-state index contributed by atoms with van der Waals surface area (Å²) in [5, 5.41) is 3.32. The minimum absolute atomic E-state index is 0.725.